The van der Waals surface area contributed by atoms with Crippen molar-refractivity contribution in [1.29, 1.82) is 0 Å². The second kappa shape index (κ2) is 3.48. The molecule has 2 heterocycles. The number of aromatic nitrogens is 2. The van der Waals surface area contributed by atoms with Gasteiger partial charge in [0.2, 0.25) is 5.27 Å². The molecule has 1 aliphatic heterocycles. The molecule has 1 aromatic rings. The first kappa shape index (κ1) is 9.30. The first-order valence-electron chi connectivity index (χ1n) is 5.11. The SMILES string of the molecule is C[C@@H]1CCC[C@H](C)N1[n+]1cc(N)on1. The zero-order valence-corrected chi connectivity index (χ0v) is 8.68. The van der Waals surface area contributed by atoms with Crippen LogP contribution in [0.1, 0.15) is 33.1 Å². The molecule has 0 radical (unpaired) electrons. The maximum atomic E-state index is 5.50. The highest BCUT2D eigenvalue weighted by molar-refractivity contribution is 5.11. The number of rotatable bonds is 1. The van der Waals surface area contributed by atoms with Crippen molar-refractivity contribution in [2.75, 3.05) is 10.7 Å². The highest BCUT2D eigenvalue weighted by Crippen LogP contribution is 2.18. The molecule has 1 aromatic heterocycles. The largest absolute Gasteiger partial charge is 0.362 e. The van der Waals surface area contributed by atoms with Gasteiger partial charge in [-0.2, -0.15) is 0 Å². The predicted molar refractivity (Wildman–Crippen MR) is 52.1 cm³/mol. The average Bonchev–Trinajstić information content (AvgIpc) is 2.51. The summed E-state index contributed by atoms with van der Waals surface area (Å²) in [6, 6.07) is 0.987. The molecular formula is C9H17N4O+. The summed E-state index contributed by atoms with van der Waals surface area (Å²) in [6.45, 7) is 4.40. The molecule has 5 heteroatoms. The van der Waals surface area contributed by atoms with E-state index in [0.717, 1.165) is 0 Å². The third-order valence-corrected chi connectivity index (χ3v) is 2.86. The van der Waals surface area contributed by atoms with Gasteiger partial charge in [-0.1, -0.05) is 0 Å². The van der Waals surface area contributed by atoms with Crippen molar-refractivity contribution in [2.45, 2.75) is 45.2 Å². The number of anilines is 1. The molecule has 2 atom stereocenters. The maximum Gasteiger partial charge on any atom is 0.296 e. The van der Waals surface area contributed by atoms with Crippen LogP contribution in [0.2, 0.25) is 0 Å². The van der Waals surface area contributed by atoms with Gasteiger partial charge < -0.3 is 5.73 Å². The van der Waals surface area contributed by atoms with Crippen LogP contribution in [0, 0.1) is 0 Å². The van der Waals surface area contributed by atoms with Gasteiger partial charge >= 0.3 is 0 Å². The van der Waals surface area contributed by atoms with Gasteiger partial charge in [0.1, 0.15) is 0 Å². The second-order valence-electron chi connectivity index (χ2n) is 4.03. The van der Waals surface area contributed by atoms with E-state index in [1.165, 1.54) is 19.3 Å². The van der Waals surface area contributed by atoms with Crippen molar-refractivity contribution in [3.8, 4) is 0 Å². The molecule has 0 unspecified atom stereocenters. The van der Waals surface area contributed by atoms with E-state index in [1.807, 2.05) is 0 Å². The highest BCUT2D eigenvalue weighted by Gasteiger charge is 2.33. The molecule has 0 amide bonds. The maximum absolute atomic E-state index is 5.50. The first-order chi connectivity index (χ1) is 6.68. The normalized spacial score (nSPS) is 28.0. The van der Waals surface area contributed by atoms with Crippen LogP contribution in [0.25, 0.3) is 0 Å². The summed E-state index contributed by atoms with van der Waals surface area (Å²) in [6.07, 6.45) is 5.40. The lowest BCUT2D eigenvalue weighted by atomic mass is 10.00. The van der Waals surface area contributed by atoms with E-state index in [4.69, 9.17) is 10.3 Å². The van der Waals surface area contributed by atoms with Gasteiger partial charge in [0.05, 0.1) is 16.9 Å². The smallest absolute Gasteiger partial charge is 0.296 e. The molecule has 1 fully saturated rings. The van der Waals surface area contributed by atoms with Crippen LogP contribution in [0.15, 0.2) is 10.7 Å². The Bertz CT molecular complexity index is 302. The van der Waals surface area contributed by atoms with Crippen molar-refractivity contribution < 1.29 is 9.31 Å². The summed E-state index contributed by atoms with van der Waals surface area (Å²) in [5, 5.41) is 6.09. The fourth-order valence-electron chi connectivity index (χ4n) is 2.17. The quantitative estimate of drug-likeness (QED) is 0.664. The van der Waals surface area contributed by atoms with E-state index < -0.39 is 0 Å². The second-order valence-corrected chi connectivity index (χ2v) is 4.03. The van der Waals surface area contributed by atoms with Crippen LogP contribution in [0.4, 0.5) is 5.88 Å². The average molecular weight is 197 g/mol. The Balaban J connectivity index is 2.22. The van der Waals surface area contributed by atoms with Crippen LogP contribution in [-0.4, -0.2) is 17.4 Å². The number of piperidine rings is 1. The van der Waals surface area contributed by atoms with E-state index in [2.05, 4.69) is 24.1 Å². The Kier molecular flexibility index (Phi) is 2.31. The summed E-state index contributed by atoms with van der Waals surface area (Å²) in [5.41, 5.74) is 5.50. The summed E-state index contributed by atoms with van der Waals surface area (Å²) in [7, 11) is 0. The van der Waals surface area contributed by atoms with Crippen molar-refractivity contribution in [3.05, 3.63) is 6.20 Å². The van der Waals surface area contributed by atoms with Gasteiger partial charge in [0.15, 0.2) is 0 Å². The third-order valence-electron chi connectivity index (χ3n) is 2.86. The molecule has 2 N–H and O–H groups in total. The standard InChI is InChI=1S/C9H17N4O/c1-7-4-3-5-8(2)13(7)12-6-9(10)14-11-12/h6-8H,3-5,10H2,1-2H3/q+1/t7-,8+. The molecule has 14 heavy (non-hydrogen) atoms. The monoisotopic (exact) mass is 197 g/mol. The molecule has 78 valence electrons. The molecule has 1 saturated heterocycles. The number of nitrogens with zero attached hydrogens (tertiary/aromatic N) is 3. The first-order valence-corrected chi connectivity index (χ1v) is 5.11. The van der Waals surface area contributed by atoms with E-state index in [0.29, 0.717) is 18.0 Å². The van der Waals surface area contributed by atoms with E-state index >= 15 is 0 Å². The Hall–Kier alpha value is -1.26. The lowest BCUT2D eigenvalue weighted by Crippen LogP contribution is -2.67. The summed E-state index contributed by atoms with van der Waals surface area (Å²) in [4.78, 5) is 1.73. The predicted octanol–water partition coefficient (Wildman–Crippen LogP) is 0.443. The molecule has 0 aromatic carbocycles. The third kappa shape index (κ3) is 1.54. The van der Waals surface area contributed by atoms with Crippen molar-refractivity contribution in [1.82, 2.24) is 5.27 Å². The van der Waals surface area contributed by atoms with Crippen LogP contribution >= 0.6 is 0 Å². The van der Waals surface area contributed by atoms with Gasteiger partial charge in [-0.05, 0) is 33.1 Å². The minimum absolute atomic E-state index is 0.356. The topological polar surface area (TPSA) is 59.2 Å². The number of hydrogen-bond acceptors (Lipinski definition) is 4. The Morgan fingerprint density at radius 3 is 2.64 bits per heavy atom. The van der Waals surface area contributed by atoms with E-state index in [-0.39, 0.29) is 0 Å². The lowest BCUT2D eigenvalue weighted by molar-refractivity contribution is -0.765. The van der Waals surface area contributed by atoms with Crippen LogP contribution < -0.4 is 15.5 Å². The molecule has 1 aliphatic rings. The van der Waals surface area contributed by atoms with Crippen molar-refractivity contribution in [2.24, 2.45) is 0 Å². The minimum atomic E-state index is 0.356. The summed E-state index contributed by atoms with van der Waals surface area (Å²) in [5.74, 6) is 0.356. The van der Waals surface area contributed by atoms with E-state index in [9.17, 15) is 0 Å². The van der Waals surface area contributed by atoms with Gasteiger partial charge in [0, 0.05) is 0 Å². The zero-order valence-electron chi connectivity index (χ0n) is 8.68. The highest BCUT2D eigenvalue weighted by atomic mass is 16.5. The molecular weight excluding hydrogens is 180 g/mol. The van der Waals surface area contributed by atoms with E-state index in [1.54, 1.807) is 11.0 Å². The van der Waals surface area contributed by atoms with Crippen LogP contribution in [0.3, 0.4) is 0 Å². The van der Waals surface area contributed by atoms with Crippen molar-refractivity contribution >= 4 is 5.88 Å². The Morgan fingerprint density at radius 2 is 2.14 bits per heavy atom. The van der Waals surface area contributed by atoms with Gasteiger partial charge in [0.25, 0.3) is 12.1 Å². The fraction of sp³-hybridized carbons (Fsp3) is 0.778. The Labute approximate surface area is 83.4 Å². The van der Waals surface area contributed by atoms with Gasteiger partial charge in [-0.15, -0.1) is 5.01 Å². The zero-order chi connectivity index (χ0) is 10.1. The molecule has 0 bridgehead atoms. The summed E-state index contributed by atoms with van der Waals surface area (Å²) >= 11 is 0. The van der Waals surface area contributed by atoms with Crippen molar-refractivity contribution in [3.63, 3.8) is 0 Å². The van der Waals surface area contributed by atoms with Crippen LogP contribution in [-0.2, 0) is 0 Å². The number of nitrogen functional groups attached to an aromatic ring is 1. The fourth-order valence-corrected chi connectivity index (χ4v) is 2.17. The van der Waals surface area contributed by atoms with Gasteiger partial charge in [-0.3, -0.25) is 4.52 Å². The molecule has 0 saturated carbocycles. The van der Waals surface area contributed by atoms with Crippen LogP contribution in [0.5, 0.6) is 0 Å². The Morgan fingerprint density at radius 1 is 1.50 bits per heavy atom. The molecule has 2 rings (SSSR count). The minimum Gasteiger partial charge on any atom is -0.362 e. The lowest BCUT2D eigenvalue weighted by Gasteiger charge is -2.31. The number of hydrogen-bond donors (Lipinski definition) is 1. The molecule has 0 spiro atoms. The number of nitrogens with two attached hydrogens (primary N) is 1. The van der Waals surface area contributed by atoms with Gasteiger partial charge in [-0.25, -0.2) is 0 Å². The molecule has 5 nitrogen and oxygen atoms in total. The molecule has 0 aliphatic carbocycles. The summed E-state index contributed by atoms with van der Waals surface area (Å²) < 4.78 is 4.86.